The number of aliphatic hydroxyl groups is 1. The van der Waals surface area contributed by atoms with Crippen molar-refractivity contribution in [3.8, 4) is 0 Å². The summed E-state index contributed by atoms with van der Waals surface area (Å²) in [5, 5.41) is 9.03. The Labute approximate surface area is 76.7 Å². The minimum Gasteiger partial charge on any atom is -0.390 e. The van der Waals surface area contributed by atoms with Gasteiger partial charge in [0.1, 0.15) is 5.65 Å². The van der Waals surface area contributed by atoms with E-state index in [1.165, 1.54) is 0 Å². The largest absolute Gasteiger partial charge is 0.390 e. The van der Waals surface area contributed by atoms with E-state index in [1.54, 1.807) is 0 Å². The van der Waals surface area contributed by atoms with Crippen LogP contribution in [-0.4, -0.2) is 14.5 Å². The lowest BCUT2D eigenvalue weighted by Gasteiger charge is -1.97. The summed E-state index contributed by atoms with van der Waals surface area (Å²) in [6, 6.07) is 4.00. The number of nitrogens with zero attached hydrogens (tertiary/aromatic N) is 2. The van der Waals surface area contributed by atoms with E-state index < -0.39 is 0 Å². The number of aryl methyl sites for hydroxylation is 2. The van der Waals surface area contributed by atoms with Crippen LogP contribution < -0.4 is 0 Å². The Hall–Kier alpha value is -1.35. The molecule has 0 aliphatic rings. The van der Waals surface area contributed by atoms with Gasteiger partial charge in [0.2, 0.25) is 0 Å². The molecule has 0 fully saturated rings. The zero-order valence-corrected chi connectivity index (χ0v) is 7.78. The molecule has 0 saturated carbocycles. The Morgan fingerprint density at radius 2 is 2.23 bits per heavy atom. The van der Waals surface area contributed by atoms with Gasteiger partial charge in [-0.25, -0.2) is 4.98 Å². The van der Waals surface area contributed by atoms with E-state index in [0.717, 1.165) is 22.6 Å². The summed E-state index contributed by atoms with van der Waals surface area (Å²) in [5.74, 6) is 0. The van der Waals surface area contributed by atoms with Gasteiger partial charge in [-0.15, -0.1) is 0 Å². The molecule has 0 bridgehead atoms. The van der Waals surface area contributed by atoms with E-state index in [1.807, 2.05) is 36.6 Å². The topological polar surface area (TPSA) is 37.5 Å². The maximum atomic E-state index is 9.03. The number of hydrogen-bond acceptors (Lipinski definition) is 2. The summed E-state index contributed by atoms with van der Waals surface area (Å²) in [7, 11) is 0. The number of aliphatic hydroxyl groups excluding tert-OH is 1. The summed E-state index contributed by atoms with van der Waals surface area (Å²) in [5.41, 5.74) is 3.84. The monoisotopic (exact) mass is 176 g/mol. The molecule has 3 heteroatoms. The summed E-state index contributed by atoms with van der Waals surface area (Å²) >= 11 is 0. The Bertz CT molecular complexity index is 445. The SMILES string of the molecule is Cc1cccn2c(C)c(CO)nc12. The van der Waals surface area contributed by atoms with E-state index in [9.17, 15) is 0 Å². The van der Waals surface area contributed by atoms with E-state index in [-0.39, 0.29) is 6.61 Å². The number of hydrogen-bond donors (Lipinski definition) is 1. The van der Waals surface area contributed by atoms with Crippen LogP contribution in [0, 0.1) is 13.8 Å². The number of aromatic nitrogens is 2. The molecule has 3 nitrogen and oxygen atoms in total. The first-order valence-corrected chi connectivity index (χ1v) is 4.28. The summed E-state index contributed by atoms with van der Waals surface area (Å²) in [6.07, 6.45) is 1.96. The molecule has 0 saturated heterocycles. The van der Waals surface area contributed by atoms with Gasteiger partial charge in [0.05, 0.1) is 12.3 Å². The van der Waals surface area contributed by atoms with Crippen molar-refractivity contribution in [3.63, 3.8) is 0 Å². The highest BCUT2D eigenvalue weighted by molar-refractivity contribution is 5.49. The van der Waals surface area contributed by atoms with Gasteiger partial charge in [-0.3, -0.25) is 0 Å². The fraction of sp³-hybridized carbons (Fsp3) is 0.300. The second kappa shape index (κ2) is 2.85. The minimum absolute atomic E-state index is 0.00690. The summed E-state index contributed by atoms with van der Waals surface area (Å²) < 4.78 is 2.00. The molecule has 0 amide bonds. The van der Waals surface area contributed by atoms with Crippen molar-refractivity contribution >= 4 is 5.65 Å². The fourth-order valence-electron chi connectivity index (χ4n) is 1.52. The molecule has 1 N–H and O–H groups in total. The molecule has 0 atom stereocenters. The molecule has 2 heterocycles. The lowest BCUT2D eigenvalue weighted by atomic mass is 10.3. The summed E-state index contributed by atoms with van der Waals surface area (Å²) in [6.45, 7) is 3.99. The standard InChI is InChI=1S/C10H12N2O/c1-7-4-3-5-12-8(2)9(6-13)11-10(7)12/h3-5,13H,6H2,1-2H3. The Balaban J connectivity index is 2.83. The van der Waals surface area contributed by atoms with E-state index in [4.69, 9.17) is 5.11 Å². The number of pyridine rings is 1. The van der Waals surface area contributed by atoms with Gasteiger partial charge in [-0.1, -0.05) is 6.07 Å². The predicted octanol–water partition coefficient (Wildman–Crippen LogP) is 1.44. The van der Waals surface area contributed by atoms with Gasteiger partial charge in [-0.05, 0) is 25.5 Å². The third-order valence-electron chi connectivity index (χ3n) is 2.33. The molecule has 0 radical (unpaired) electrons. The van der Waals surface area contributed by atoms with E-state index in [2.05, 4.69) is 4.98 Å². The number of imidazole rings is 1. The molecule has 0 unspecified atom stereocenters. The molecular formula is C10H12N2O. The molecule has 0 aliphatic heterocycles. The minimum atomic E-state index is 0.00690. The van der Waals surface area contributed by atoms with Crippen LogP contribution >= 0.6 is 0 Å². The van der Waals surface area contributed by atoms with Crippen molar-refractivity contribution in [2.75, 3.05) is 0 Å². The predicted molar refractivity (Wildman–Crippen MR) is 50.6 cm³/mol. The van der Waals surface area contributed by atoms with Crippen molar-refractivity contribution in [3.05, 3.63) is 35.3 Å². The van der Waals surface area contributed by atoms with Crippen LogP contribution in [0.25, 0.3) is 5.65 Å². The van der Waals surface area contributed by atoms with Gasteiger partial charge in [0, 0.05) is 11.9 Å². The Morgan fingerprint density at radius 1 is 1.46 bits per heavy atom. The van der Waals surface area contributed by atoms with E-state index in [0.29, 0.717) is 0 Å². The number of rotatable bonds is 1. The highest BCUT2D eigenvalue weighted by atomic mass is 16.3. The number of fused-ring (bicyclic) bond motifs is 1. The normalized spacial score (nSPS) is 11.0. The first kappa shape index (κ1) is 8.26. The second-order valence-corrected chi connectivity index (χ2v) is 3.19. The quantitative estimate of drug-likeness (QED) is 0.714. The van der Waals surface area contributed by atoms with Crippen LogP contribution in [0.4, 0.5) is 0 Å². The molecule has 2 aromatic rings. The first-order valence-electron chi connectivity index (χ1n) is 4.28. The van der Waals surface area contributed by atoms with Crippen LogP contribution in [-0.2, 0) is 6.61 Å². The average Bonchev–Trinajstić information content (AvgIpc) is 2.45. The second-order valence-electron chi connectivity index (χ2n) is 3.19. The molecular weight excluding hydrogens is 164 g/mol. The summed E-state index contributed by atoms with van der Waals surface area (Å²) in [4.78, 5) is 4.34. The van der Waals surface area contributed by atoms with Crippen molar-refractivity contribution in [1.29, 1.82) is 0 Å². The molecule has 2 rings (SSSR count). The highest BCUT2D eigenvalue weighted by Gasteiger charge is 2.07. The van der Waals surface area contributed by atoms with Crippen LogP contribution in [0.3, 0.4) is 0 Å². The average molecular weight is 176 g/mol. The van der Waals surface area contributed by atoms with Crippen LogP contribution in [0.2, 0.25) is 0 Å². The molecule has 0 spiro atoms. The van der Waals surface area contributed by atoms with Crippen molar-refractivity contribution < 1.29 is 5.11 Å². The third kappa shape index (κ3) is 1.12. The third-order valence-corrected chi connectivity index (χ3v) is 2.33. The fourth-order valence-corrected chi connectivity index (χ4v) is 1.52. The van der Waals surface area contributed by atoms with Gasteiger partial charge in [0.15, 0.2) is 0 Å². The molecule has 0 aromatic carbocycles. The maximum Gasteiger partial charge on any atom is 0.140 e. The van der Waals surface area contributed by atoms with Gasteiger partial charge in [0.25, 0.3) is 0 Å². The molecule has 0 aliphatic carbocycles. The van der Waals surface area contributed by atoms with Crippen LogP contribution in [0.5, 0.6) is 0 Å². The lowest BCUT2D eigenvalue weighted by Crippen LogP contribution is -1.89. The van der Waals surface area contributed by atoms with Crippen LogP contribution in [0.1, 0.15) is 17.0 Å². The highest BCUT2D eigenvalue weighted by Crippen LogP contribution is 2.14. The lowest BCUT2D eigenvalue weighted by molar-refractivity contribution is 0.276. The van der Waals surface area contributed by atoms with Gasteiger partial charge >= 0.3 is 0 Å². The van der Waals surface area contributed by atoms with Crippen molar-refractivity contribution in [2.24, 2.45) is 0 Å². The molecule has 13 heavy (non-hydrogen) atoms. The van der Waals surface area contributed by atoms with Crippen LogP contribution in [0.15, 0.2) is 18.3 Å². The Morgan fingerprint density at radius 3 is 2.85 bits per heavy atom. The van der Waals surface area contributed by atoms with Gasteiger partial charge < -0.3 is 9.51 Å². The van der Waals surface area contributed by atoms with Crippen molar-refractivity contribution in [1.82, 2.24) is 9.38 Å². The smallest absolute Gasteiger partial charge is 0.140 e. The zero-order valence-electron chi connectivity index (χ0n) is 7.78. The maximum absolute atomic E-state index is 9.03. The van der Waals surface area contributed by atoms with Crippen molar-refractivity contribution in [2.45, 2.75) is 20.5 Å². The van der Waals surface area contributed by atoms with Gasteiger partial charge in [-0.2, -0.15) is 0 Å². The first-order chi connectivity index (χ1) is 6.24. The Kier molecular flexibility index (Phi) is 1.81. The zero-order chi connectivity index (χ0) is 9.42. The van der Waals surface area contributed by atoms with E-state index >= 15 is 0 Å². The molecule has 68 valence electrons. The molecule has 2 aromatic heterocycles.